The van der Waals surface area contributed by atoms with Crippen molar-refractivity contribution in [1.82, 2.24) is 14.9 Å². The SMILES string of the molecule is COc1cc(C=CC(=O)NC2CCC(C)CC2)ccc1OCCc1nccn1C. The molecule has 0 unspecified atom stereocenters. The Hall–Kier alpha value is -2.76. The highest BCUT2D eigenvalue weighted by molar-refractivity contribution is 5.92. The van der Waals surface area contributed by atoms with Crippen molar-refractivity contribution in [3.8, 4) is 11.5 Å². The highest BCUT2D eigenvalue weighted by Crippen LogP contribution is 2.29. The molecule has 1 N–H and O–H groups in total. The number of methoxy groups -OCH3 is 1. The summed E-state index contributed by atoms with van der Waals surface area (Å²) >= 11 is 0. The Morgan fingerprint density at radius 3 is 2.76 bits per heavy atom. The van der Waals surface area contributed by atoms with Crippen LogP contribution >= 0.6 is 0 Å². The largest absolute Gasteiger partial charge is 0.493 e. The average Bonchev–Trinajstić information content (AvgIpc) is 3.13. The maximum Gasteiger partial charge on any atom is 0.244 e. The van der Waals surface area contributed by atoms with Gasteiger partial charge in [0.1, 0.15) is 5.82 Å². The standard InChI is InChI=1S/C23H31N3O3/c1-17-4-8-19(9-5-17)25-23(27)11-7-18-6-10-20(21(16-18)28-3)29-15-12-22-24-13-14-26(22)2/h6-7,10-11,13-14,16-17,19H,4-5,8-9,12,15H2,1-3H3,(H,25,27). The maximum absolute atomic E-state index is 12.2. The van der Waals surface area contributed by atoms with E-state index in [1.165, 1.54) is 12.8 Å². The van der Waals surface area contributed by atoms with Crippen molar-refractivity contribution < 1.29 is 14.3 Å². The number of benzene rings is 1. The lowest BCUT2D eigenvalue weighted by molar-refractivity contribution is -0.117. The quantitative estimate of drug-likeness (QED) is 0.689. The van der Waals surface area contributed by atoms with E-state index in [-0.39, 0.29) is 5.91 Å². The van der Waals surface area contributed by atoms with Gasteiger partial charge in [-0.3, -0.25) is 4.79 Å². The molecule has 6 nitrogen and oxygen atoms in total. The molecule has 1 aliphatic carbocycles. The molecule has 1 aromatic carbocycles. The minimum absolute atomic E-state index is 0.0427. The summed E-state index contributed by atoms with van der Waals surface area (Å²) in [6.45, 7) is 2.79. The number of hydrogen-bond acceptors (Lipinski definition) is 4. The highest BCUT2D eigenvalue weighted by atomic mass is 16.5. The van der Waals surface area contributed by atoms with Crippen LogP contribution in [-0.2, 0) is 18.3 Å². The number of hydrogen-bond donors (Lipinski definition) is 1. The Morgan fingerprint density at radius 1 is 1.28 bits per heavy atom. The first-order chi connectivity index (χ1) is 14.0. The monoisotopic (exact) mass is 397 g/mol. The van der Waals surface area contributed by atoms with Gasteiger partial charge in [0, 0.05) is 38.0 Å². The van der Waals surface area contributed by atoms with E-state index in [2.05, 4.69) is 17.2 Å². The maximum atomic E-state index is 12.2. The van der Waals surface area contributed by atoms with Crippen molar-refractivity contribution in [2.45, 2.75) is 45.1 Å². The molecule has 3 rings (SSSR count). The van der Waals surface area contributed by atoms with Crippen LogP contribution in [0, 0.1) is 5.92 Å². The molecule has 0 radical (unpaired) electrons. The summed E-state index contributed by atoms with van der Waals surface area (Å²) in [5.41, 5.74) is 0.894. The smallest absolute Gasteiger partial charge is 0.244 e. The van der Waals surface area contributed by atoms with Gasteiger partial charge >= 0.3 is 0 Å². The molecule has 2 aromatic rings. The van der Waals surface area contributed by atoms with Crippen LogP contribution in [0.4, 0.5) is 0 Å². The number of aryl methyl sites for hydroxylation is 1. The average molecular weight is 398 g/mol. The van der Waals surface area contributed by atoms with Crippen LogP contribution in [0.15, 0.2) is 36.7 Å². The zero-order chi connectivity index (χ0) is 20.6. The Kier molecular flexibility index (Phi) is 7.33. The summed E-state index contributed by atoms with van der Waals surface area (Å²) in [5, 5.41) is 3.11. The van der Waals surface area contributed by atoms with Gasteiger partial charge in [-0.1, -0.05) is 13.0 Å². The second-order valence-corrected chi connectivity index (χ2v) is 7.76. The minimum atomic E-state index is -0.0427. The van der Waals surface area contributed by atoms with Gasteiger partial charge in [0.05, 0.1) is 13.7 Å². The summed E-state index contributed by atoms with van der Waals surface area (Å²) < 4.78 is 13.3. The molecule has 29 heavy (non-hydrogen) atoms. The Bertz CT molecular complexity index is 836. The van der Waals surface area contributed by atoms with Crippen molar-refractivity contribution >= 4 is 12.0 Å². The number of aromatic nitrogens is 2. The van der Waals surface area contributed by atoms with Gasteiger partial charge in [-0.15, -0.1) is 0 Å². The number of nitrogens with zero attached hydrogens (tertiary/aromatic N) is 2. The third-order valence-electron chi connectivity index (χ3n) is 5.48. The summed E-state index contributed by atoms with van der Waals surface area (Å²) in [6.07, 6.45) is 12.3. The van der Waals surface area contributed by atoms with E-state index in [1.807, 2.05) is 36.0 Å². The number of carbonyl (C=O) groups is 1. The van der Waals surface area contributed by atoms with Crippen LogP contribution in [-0.4, -0.2) is 35.2 Å². The molecule has 6 heteroatoms. The van der Waals surface area contributed by atoms with E-state index >= 15 is 0 Å². The molecule has 1 aliphatic rings. The van der Waals surface area contributed by atoms with E-state index in [4.69, 9.17) is 9.47 Å². The molecule has 1 saturated carbocycles. The fourth-order valence-electron chi connectivity index (χ4n) is 3.62. The van der Waals surface area contributed by atoms with Gasteiger partial charge in [-0.25, -0.2) is 4.98 Å². The lowest BCUT2D eigenvalue weighted by atomic mass is 9.87. The van der Waals surface area contributed by atoms with Crippen LogP contribution in [0.25, 0.3) is 6.08 Å². The number of ether oxygens (including phenoxy) is 2. The fourth-order valence-corrected chi connectivity index (χ4v) is 3.62. The minimum Gasteiger partial charge on any atom is -0.493 e. The van der Waals surface area contributed by atoms with Gasteiger partial charge in [-0.2, -0.15) is 0 Å². The van der Waals surface area contributed by atoms with Crippen LogP contribution in [0.3, 0.4) is 0 Å². The second-order valence-electron chi connectivity index (χ2n) is 7.76. The van der Waals surface area contributed by atoms with E-state index in [9.17, 15) is 4.79 Å². The summed E-state index contributed by atoms with van der Waals surface area (Å²) in [5.74, 6) is 3.03. The molecule has 0 atom stereocenters. The van der Waals surface area contributed by atoms with Gasteiger partial charge in [0.15, 0.2) is 11.5 Å². The first-order valence-corrected chi connectivity index (χ1v) is 10.3. The van der Waals surface area contributed by atoms with Crippen molar-refractivity contribution in [3.63, 3.8) is 0 Å². The van der Waals surface area contributed by atoms with Gasteiger partial charge < -0.3 is 19.4 Å². The number of amides is 1. The first-order valence-electron chi connectivity index (χ1n) is 10.3. The predicted molar refractivity (Wildman–Crippen MR) is 114 cm³/mol. The molecule has 0 spiro atoms. The van der Waals surface area contributed by atoms with Gasteiger partial charge in [0.25, 0.3) is 0 Å². The third-order valence-corrected chi connectivity index (χ3v) is 5.48. The molecule has 1 fully saturated rings. The topological polar surface area (TPSA) is 65.4 Å². The number of imidazole rings is 1. The normalized spacial score (nSPS) is 19.3. The lowest BCUT2D eigenvalue weighted by Gasteiger charge is -2.26. The second kappa shape index (κ2) is 10.1. The summed E-state index contributed by atoms with van der Waals surface area (Å²) in [6, 6.07) is 5.97. The zero-order valence-corrected chi connectivity index (χ0v) is 17.6. The van der Waals surface area contributed by atoms with E-state index < -0.39 is 0 Å². The van der Waals surface area contributed by atoms with Crippen molar-refractivity contribution in [2.75, 3.05) is 13.7 Å². The lowest BCUT2D eigenvalue weighted by Crippen LogP contribution is -2.36. The zero-order valence-electron chi connectivity index (χ0n) is 17.6. The van der Waals surface area contributed by atoms with Crippen molar-refractivity contribution in [2.24, 2.45) is 13.0 Å². The van der Waals surface area contributed by atoms with Crippen molar-refractivity contribution in [3.05, 3.63) is 48.1 Å². The van der Waals surface area contributed by atoms with Crippen LogP contribution in [0.2, 0.25) is 0 Å². The van der Waals surface area contributed by atoms with E-state index in [0.29, 0.717) is 30.6 Å². The first kappa shape index (κ1) is 21.0. The summed E-state index contributed by atoms with van der Waals surface area (Å²) in [7, 11) is 3.58. The number of carbonyl (C=O) groups excluding carboxylic acids is 1. The molecular weight excluding hydrogens is 366 g/mol. The van der Waals surface area contributed by atoms with Crippen LogP contribution in [0.5, 0.6) is 11.5 Å². The Morgan fingerprint density at radius 2 is 2.07 bits per heavy atom. The van der Waals surface area contributed by atoms with E-state index in [1.54, 1.807) is 25.5 Å². The molecule has 1 aromatic heterocycles. The number of nitrogens with one attached hydrogen (secondary N) is 1. The molecule has 0 bridgehead atoms. The van der Waals surface area contributed by atoms with E-state index in [0.717, 1.165) is 30.1 Å². The van der Waals surface area contributed by atoms with Crippen molar-refractivity contribution in [1.29, 1.82) is 0 Å². The van der Waals surface area contributed by atoms with Gasteiger partial charge in [0.2, 0.25) is 5.91 Å². The number of rotatable bonds is 8. The molecular formula is C23H31N3O3. The molecule has 1 amide bonds. The molecule has 0 aliphatic heterocycles. The Labute approximate surface area is 172 Å². The molecule has 0 saturated heterocycles. The molecule has 1 heterocycles. The fraction of sp³-hybridized carbons (Fsp3) is 0.478. The van der Waals surface area contributed by atoms with Gasteiger partial charge in [-0.05, 0) is 55.4 Å². The Balaban J connectivity index is 1.52. The van der Waals surface area contributed by atoms with Crippen LogP contribution in [0.1, 0.15) is 44.0 Å². The highest BCUT2D eigenvalue weighted by Gasteiger charge is 2.18. The summed E-state index contributed by atoms with van der Waals surface area (Å²) in [4.78, 5) is 16.5. The van der Waals surface area contributed by atoms with Crippen LogP contribution < -0.4 is 14.8 Å². The molecule has 156 valence electrons. The third kappa shape index (κ3) is 6.11. The predicted octanol–water partition coefficient (Wildman–Crippen LogP) is 3.76.